The smallest absolute Gasteiger partial charge is 0.0227 e. The van der Waals surface area contributed by atoms with Gasteiger partial charge in [0.1, 0.15) is 0 Å². The molecule has 0 aromatic carbocycles. The Morgan fingerprint density at radius 2 is 2.24 bits per heavy atom. The van der Waals surface area contributed by atoms with Crippen molar-refractivity contribution in [3.05, 3.63) is 0 Å². The van der Waals surface area contributed by atoms with Crippen LogP contribution in [0.5, 0.6) is 0 Å². The van der Waals surface area contributed by atoms with Crippen molar-refractivity contribution < 1.29 is 0 Å². The molecule has 0 spiro atoms. The van der Waals surface area contributed by atoms with Crippen LogP contribution in [0.4, 0.5) is 0 Å². The minimum atomic E-state index is 0.622. The minimum Gasteiger partial charge on any atom is -0.329 e. The SMILES string of the molecule is CCSCCC(CN)N1CCN2CCCC2C1. The third-order valence-corrected chi connectivity index (χ3v) is 5.14. The van der Waals surface area contributed by atoms with Crippen molar-refractivity contribution in [2.75, 3.05) is 44.2 Å². The Hall–Kier alpha value is 0.230. The Labute approximate surface area is 110 Å². The second-order valence-corrected chi connectivity index (χ2v) is 6.60. The first-order chi connectivity index (χ1) is 8.35. The van der Waals surface area contributed by atoms with Crippen molar-refractivity contribution in [1.29, 1.82) is 0 Å². The molecule has 3 nitrogen and oxygen atoms in total. The zero-order valence-electron chi connectivity index (χ0n) is 11.1. The maximum absolute atomic E-state index is 5.96. The van der Waals surface area contributed by atoms with Crippen LogP contribution in [-0.4, -0.2) is 66.1 Å². The minimum absolute atomic E-state index is 0.622. The predicted octanol–water partition coefficient (Wildman–Crippen LogP) is 1.24. The molecule has 0 amide bonds. The molecule has 2 aliphatic heterocycles. The number of thioether (sulfide) groups is 1. The van der Waals surface area contributed by atoms with E-state index in [-0.39, 0.29) is 0 Å². The molecule has 2 aliphatic rings. The number of hydrogen-bond acceptors (Lipinski definition) is 4. The zero-order chi connectivity index (χ0) is 12.1. The van der Waals surface area contributed by atoms with Gasteiger partial charge in [-0.3, -0.25) is 9.80 Å². The summed E-state index contributed by atoms with van der Waals surface area (Å²) >= 11 is 2.04. The summed E-state index contributed by atoms with van der Waals surface area (Å²) in [6.45, 7) is 8.16. The lowest BCUT2D eigenvalue weighted by molar-refractivity contribution is 0.0730. The number of hydrogen-bond donors (Lipinski definition) is 1. The van der Waals surface area contributed by atoms with Gasteiger partial charge in [-0.1, -0.05) is 6.92 Å². The van der Waals surface area contributed by atoms with Gasteiger partial charge >= 0.3 is 0 Å². The maximum Gasteiger partial charge on any atom is 0.0227 e. The average Bonchev–Trinajstić information content (AvgIpc) is 2.82. The summed E-state index contributed by atoms with van der Waals surface area (Å²) in [5.41, 5.74) is 5.96. The van der Waals surface area contributed by atoms with Crippen LogP contribution >= 0.6 is 11.8 Å². The standard InChI is InChI=1S/C13H27N3S/c1-2-17-9-5-12(10-14)16-8-7-15-6-3-4-13(15)11-16/h12-13H,2-11,14H2,1H3. The molecule has 2 unspecified atom stereocenters. The molecule has 0 saturated carbocycles. The Morgan fingerprint density at radius 1 is 1.35 bits per heavy atom. The lowest BCUT2D eigenvalue weighted by Gasteiger charge is -2.41. The Kier molecular flexibility index (Phi) is 5.60. The molecule has 0 bridgehead atoms. The van der Waals surface area contributed by atoms with Crippen LogP contribution in [0.1, 0.15) is 26.2 Å². The van der Waals surface area contributed by atoms with E-state index in [9.17, 15) is 0 Å². The van der Waals surface area contributed by atoms with E-state index in [1.807, 2.05) is 11.8 Å². The van der Waals surface area contributed by atoms with E-state index in [0.29, 0.717) is 6.04 Å². The van der Waals surface area contributed by atoms with Crippen LogP contribution in [-0.2, 0) is 0 Å². The van der Waals surface area contributed by atoms with E-state index in [4.69, 9.17) is 5.73 Å². The van der Waals surface area contributed by atoms with E-state index in [2.05, 4.69) is 16.7 Å². The molecule has 17 heavy (non-hydrogen) atoms. The third kappa shape index (κ3) is 3.60. The van der Waals surface area contributed by atoms with Crippen LogP contribution < -0.4 is 5.73 Å². The summed E-state index contributed by atoms with van der Waals surface area (Å²) < 4.78 is 0. The highest BCUT2D eigenvalue weighted by Crippen LogP contribution is 2.23. The highest BCUT2D eigenvalue weighted by Gasteiger charge is 2.32. The van der Waals surface area contributed by atoms with Crippen molar-refractivity contribution in [1.82, 2.24) is 9.80 Å². The molecule has 0 aromatic heterocycles. The van der Waals surface area contributed by atoms with Gasteiger partial charge in [0.05, 0.1) is 0 Å². The summed E-state index contributed by atoms with van der Waals surface area (Å²) in [4.78, 5) is 5.33. The van der Waals surface area contributed by atoms with Gasteiger partial charge in [-0.15, -0.1) is 0 Å². The molecule has 0 aliphatic carbocycles. The molecule has 4 heteroatoms. The lowest BCUT2D eigenvalue weighted by atomic mass is 10.1. The van der Waals surface area contributed by atoms with E-state index < -0.39 is 0 Å². The lowest BCUT2D eigenvalue weighted by Crippen LogP contribution is -2.55. The number of nitrogens with two attached hydrogens (primary N) is 1. The summed E-state index contributed by atoms with van der Waals surface area (Å²) in [6, 6.07) is 1.45. The fourth-order valence-corrected chi connectivity index (χ4v) is 3.89. The molecule has 2 atom stereocenters. The number of nitrogens with zero attached hydrogens (tertiary/aromatic N) is 2. The first-order valence-corrected chi connectivity index (χ1v) is 8.26. The Morgan fingerprint density at radius 3 is 3.00 bits per heavy atom. The molecular weight excluding hydrogens is 230 g/mol. The second kappa shape index (κ2) is 6.98. The van der Waals surface area contributed by atoms with Crippen LogP contribution in [0.2, 0.25) is 0 Å². The fraction of sp³-hybridized carbons (Fsp3) is 1.00. The first-order valence-electron chi connectivity index (χ1n) is 7.11. The third-order valence-electron chi connectivity index (χ3n) is 4.21. The van der Waals surface area contributed by atoms with E-state index in [0.717, 1.165) is 12.6 Å². The monoisotopic (exact) mass is 257 g/mol. The van der Waals surface area contributed by atoms with Gasteiger partial charge in [-0.25, -0.2) is 0 Å². The predicted molar refractivity (Wildman–Crippen MR) is 76.6 cm³/mol. The van der Waals surface area contributed by atoms with E-state index in [1.54, 1.807) is 0 Å². The maximum atomic E-state index is 5.96. The van der Waals surface area contributed by atoms with Crippen LogP contribution in [0.25, 0.3) is 0 Å². The van der Waals surface area contributed by atoms with Gasteiger partial charge in [-0.05, 0) is 37.3 Å². The van der Waals surface area contributed by atoms with Gasteiger partial charge < -0.3 is 5.73 Å². The van der Waals surface area contributed by atoms with Gasteiger partial charge in [0.15, 0.2) is 0 Å². The number of piperazine rings is 1. The quantitative estimate of drug-likeness (QED) is 0.726. The molecule has 2 heterocycles. The van der Waals surface area contributed by atoms with Crippen LogP contribution in [0.15, 0.2) is 0 Å². The van der Waals surface area contributed by atoms with Crippen molar-refractivity contribution in [3.63, 3.8) is 0 Å². The summed E-state index contributed by atoms with van der Waals surface area (Å²) in [6.07, 6.45) is 4.07. The second-order valence-electron chi connectivity index (χ2n) is 5.20. The molecule has 2 N–H and O–H groups in total. The first kappa shape index (κ1) is 13.7. The zero-order valence-corrected chi connectivity index (χ0v) is 11.9. The summed E-state index contributed by atoms with van der Waals surface area (Å²) in [5.74, 6) is 2.50. The number of fused-ring (bicyclic) bond motifs is 1. The Balaban J connectivity index is 1.78. The normalized spacial score (nSPS) is 28.2. The molecule has 0 radical (unpaired) electrons. The summed E-state index contributed by atoms with van der Waals surface area (Å²) in [5, 5.41) is 0. The highest BCUT2D eigenvalue weighted by molar-refractivity contribution is 7.99. The van der Waals surface area contributed by atoms with Crippen molar-refractivity contribution in [2.45, 2.75) is 38.3 Å². The van der Waals surface area contributed by atoms with Crippen molar-refractivity contribution in [2.24, 2.45) is 5.73 Å². The van der Waals surface area contributed by atoms with Crippen LogP contribution in [0, 0.1) is 0 Å². The average molecular weight is 257 g/mol. The summed E-state index contributed by atoms with van der Waals surface area (Å²) in [7, 11) is 0. The van der Waals surface area contributed by atoms with Crippen molar-refractivity contribution >= 4 is 11.8 Å². The topological polar surface area (TPSA) is 32.5 Å². The van der Waals surface area contributed by atoms with Gasteiger partial charge in [-0.2, -0.15) is 11.8 Å². The molecule has 2 saturated heterocycles. The molecular formula is C13H27N3S. The van der Waals surface area contributed by atoms with E-state index in [1.165, 1.54) is 56.9 Å². The molecule has 0 aromatic rings. The molecule has 2 fully saturated rings. The largest absolute Gasteiger partial charge is 0.329 e. The van der Waals surface area contributed by atoms with Gasteiger partial charge in [0.2, 0.25) is 0 Å². The molecule has 100 valence electrons. The van der Waals surface area contributed by atoms with Crippen molar-refractivity contribution in [3.8, 4) is 0 Å². The van der Waals surface area contributed by atoms with Crippen LogP contribution in [0.3, 0.4) is 0 Å². The molecule has 2 rings (SSSR count). The van der Waals surface area contributed by atoms with Gasteiger partial charge in [0.25, 0.3) is 0 Å². The van der Waals surface area contributed by atoms with E-state index >= 15 is 0 Å². The Bertz CT molecular complexity index is 225. The fourth-order valence-electron chi connectivity index (χ4n) is 3.16. The highest BCUT2D eigenvalue weighted by atomic mass is 32.2. The number of rotatable bonds is 6. The van der Waals surface area contributed by atoms with Gasteiger partial charge in [0, 0.05) is 38.3 Å².